The van der Waals surface area contributed by atoms with Gasteiger partial charge in [0.1, 0.15) is 5.56 Å². The number of amides is 1. The summed E-state index contributed by atoms with van der Waals surface area (Å²) in [5.41, 5.74) is 1.79. The number of aromatic nitrogens is 3. The summed E-state index contributed by atoms with van der Waals surface area (Å²) in [6.07, 6.45) is 5.19. The first-order valence-corrected chi connectivity index (χ1v) is 7.13. The molecule has 0 aromatic carbocycles. The fourth-order valence-electron chi connectivity index (χ4n) is 2.82. The summed E-state index contributed by atoms with van der Waals surface area (Å²) in [7, 11) is 0. The predicted octanol–water partition coefficient (Wildman–Crippen LogP) is 1.43. The third kappa shape index (κ3) is 2.74. The number of carbonyl (C=O) groups excluding carboxylic acids is 1. The van der Waals surface area contributed by atoms with Crippen LogP contribution in [0.15, 0.2) is 29.3 Å². The van der Waals surface area contributed by atoms with Crippen molar-refractivity contribution in [1.82, 2.24) is 20.1 Å². The third-order valence-corrected chi connectivity index (χ3v) is 3.96. The Labute approximate surface area is 122 Å². The van der Waals surface area contributed by atoms with Gasteiger partial charge in [-0.3, -0.25) is 14.7 Å². The molecule has 1 amide bonds. The van der Waals surface area contributed by atoms with Crippen molar-refractivity contribution < 1.29 is 4.79 Å². The van der Waals surface area contributed by atoms with Gasteiger partial charge in [-0.05, 0) is 25.8 Å². The van der Waals surface area contributed by atoms with Gasteiger partial charge in [-0.2, -0.15) is 5.10 Å². The van der Waals surface area contributed by atoms with Crippen molar-refractivity contribution in [1.29, 1.82) is 0 Å². The molecule has 3 rings (SSSR count). The van der Waals surface area contributed by atoms with Crippen LogP contribution in [0.3, 0.4) is 0 Å². The van der Waals surface area contributed by atoms with Crippen LogP contribution in [0.1, 0.15) is 40.5 Å². The van der Waals surface area contributed by atoms with E-state index >= 15 is 0 Å². The van der Waals surface area contributed by atoms with Crippen molar-refractivity contribution >= 4 is 5.91 Å². The average Bonchev–Trinajstić information content (AvgIpc) is 3.01. The first-order chi connectivity index (χ1) is 10.1. The van der Waals surface area contributed by atoms with Gasteiger partial charge >= 0.3 is 0 Å². The predicted molar refractivity (Wildman–Crippen MR) is 78.3 cm³/mol. The van der Waals surface area contributed by atoms with Crippen molar-refractivity contribution in [3.8, 4) is 0 Å². The normalized spacial score (nSPS) is 18.7. The van der Waals surface area contributed by atoms with Crippen LogP contribution in [0.25, 0.3) is 0 Å². The number of rotatable bonds is 2. The highest BCUT2D eigenvalue weighted by atomic mass is 16.2. The molecule has 1 atom stereocenters. The second-order valence-corrected chi connectivity index (χ2v) is 5.50. The Balaban J connectivity index is 1.80. The quantitative estimate of drug-likeness (QED) is 0.876. The summed E-state index contributed by atoms with van der Waals surface area (Å²) in [5, 5.41) is 6.93. The molecular formula is C15H18N4O2. The zero-order valence-corrected chi connectivity index (χ0v) is 11.9. The number of aromatic amines is 2. The molecule has 0 bridgehead atoms. The van der Waals surface area contributed by atoms with E-state index in [9.17, 15) is 9.59 Å². The van der Waals surface area contributed by atoms with Gasteiger partial charge < -0.3 is 9.88 Å². The van der Waals surface area contributed by atoms with E-state index < -0.39 is 0 Å². The Bertz CT molecular complexity index is 690. The smallest absolute Gasteiger partial charge is 0.259 e. The van der Waals surface area contributed by atoms with E-state index in [0.29, 0.717) is 13.1 Å². The fraction of sp³-hybridized carbons (Fsp3) is 0.400. The third-order valence-electron chi connectivity index (χ3n) is 3.96. The lowest BCUT2D eigenvalue weighted by atomic mass is 9.94. The molecule has 6 nitrogen and oxygen atoms in total. The molecule has 2 N–H and O–H groups in total. The number of H-pyrrole nitrogens is 2. The van der Waals surface area contributed by atoms with Crippen LogP contribution in [0, 0.1) is 6.92 Å². The minimum absolute atomic E-state index is 0.194. The number of hydrogen-bond acceptors (Lipinski definition) is 3. The minimum Gasteiger partial charge on any atom is -0.364 e. The maximum Gasteiger partial charge on any atom is 0.259 e. The first-order valence-electron chi connectivity index (χ1n) is 7.13. The molecule has 0 radical (unpaired) electrons. The summed E-state index contributed by atoms with van der Waals surface area (Å²) in [6, 6.07) is 3.40. The number of nitrogens with zero attached hydrogens (tertiary/aromatic N) is 2. The molecule has 1 fully saturated rings. The monoisotopic (exact) mass is 286 g/mol. The summed E-state index contributed by atoms with van der Waals surface area (Å²) >= 11 is 0. The topological polar surface area (TPSA) is 81.8 Å². The van der Waals surface area contributed by atoms with E-state index in [4.69, 9.17) is 0 Å². The Hall–Kier alpha value is -2.37. The van der Waals surface area contributed by atoms with E-state index in [-0.39, 0.29) is 22.8 Å². The van der Waals surface area contributed by atoms with Crippen molar-refractivity contribution in [2.45, 2.75) is 25.7 Å². The Morgan fingerprint density at radius 1 is 1.48 bits per heavy atom. The zero-order chi connectivity index (χ0) is 14.8. The van der Waals surface area contributed by atoms with Crippen LogP contribution >= 0.6 is 0 Å². The molecule has 2 aromatic heterocycles. The van der Waals surface area contributed by atoms with E-state index in [1.165, 1.54) is 12.3 Å². The first kappa shape index (κ1) is 13.6. The SMILES string of the molecule is Cc1cc(=O)c(C(=O)N2CCCC(c3ccn[nH]3)C2)c[nH]1. The molecule has 21 heavy (non-hydrogen) atoms. The lowest BCUT2D eigenvalue weighted by Crippen LogP contribution is -2.41. The summed E-state index contributed by atoms with van der Waals surface area (Å²) in [5.74, 6) is 0.0650. The number of likely N-dealkylation sites (tertiary alicyclic amines) is 1. The minimum atomic E-state index is -0.222. The van der Waals surface area contributed by atoms with Gasteiger partial charge in [-0.1, -0.05) is 0 Å². The largest absolute Gasteiger partial charge is 0.364 e. The van der Waals surface area contributed by atoms with Gasteiger partial charge in [0, 0.05) is 48.9 Å². The van der Waals surface area contributed by atoms with Crippen LogP contribution in [-0.2, 0) is 0 Å². The van der Waals surface area contributed by atoms with Gasteiger partial charge in [-0.15, -0.1) is 0 Å². The van der Waals surface area contributed by atoms with Gasteiger partial charge in [0.2, 0.25) is 0 Å². The molecular weight excluding hydrogens is 268 g/mol. The maximum atomic E-state index is 12.5. The summed E-state index contributed by atoms with van der Waals surface area (Å²) in [6.45, 7) is 3.11. The molecule has 1 unspecified atom stereocenters. The Morgan fingerprint density at radius 2 is 2.33 bits per heavy atom. The highest BCUT2D eigenvalue weighted by molar-refractivity contribution is 5.93. The molecule has 1 saturated heterocycles. The molecule has 0 saturated carbocycles. The summed E-state index contributed by atoms with van der Waals surface area (Å²) in [4.78, 5) is 29.2. The molecule has 3 heterocycles. The van der Waals surface area contributed by atoms with Gasteiger partial charge in [-0.25, -0.2) is 0 Å². The maximum absolute atomic E-state index is 12.5. The number of carbonyl (C=O) groups is 1. The fourth-order valence-corrected chi connectivity index (χ4v) is 2.82. The molecule has 2 aromatic rings. The molecule has 110 valence electrons. The van der Waals surface area contributed by atoms with Crippen LogP contribution in [0.2, 0.25) is 0 Å². The number of aryl methyl sites for hydroxylation is 1. The van der Waals surface area contributed by atoms with E-state index in [0.717, 1.165) is 24.2 Å². The van der Waals surface area contributed by atoms with Crippen molar-refractivity contribution in [3.63, 3.8) is 0 Å². The molecule has 1 aliphatic rings. The lowest BCUT2D eigenvalue weighted by molar-refractivity contribution is 0.0704. The number of nitrogens with one attached hydrogen (secondary N) is 2. The van der Waals surface area contributed by atoms with Crippen molar-refractivity contribution in [2.24, 2.45) is 0 Å². The highest BCUT2D eigenvalue weighted by Gasteiger charge is 2.27. The van der Waals surface area contributed by atoms with E-state index in [1.54, 1.807) is 18.0 Å². The van der Waals surface area contributed by atoms with E-state index in [2.05, 4.69) is 15.2 Å². The van der Waals surface area contributed by atoms with Gasteiger partial charge in [0.25, 0.3) is 5.91 Å². The summed E-state index contributed by atoms with van der Waals surface area (Å²) < 4.78 is 0. The molecule has 0 aliphatic carbocycles. The highest BCUT2D eigenvalue weighted by Crippen LogP contribution is 2.25. The molecule has 0 spiro atoms. The number of hydrogen-bond donors (Lipinski definition) is 2. The molecule has 6 heteroatoms. The number of piperidine rings is 1. The average molecular weight is 286 g/mol. The Kier molecular flexibility index (Phi) is 3.60. The second-order valence-electron chi connectivity index (χ2n) is 5.50. The lowest BCUT2D eigenvalue weighted by Gasteiger charge is -2.32. The Morgan fingerprint density at radius 3 is 3.05 bits per heavy atom. The van der Waals surface area contributed by atoms with Gasteiger partial charge in [0.15, 0.2) is 5.43 Å². The second kappa shape index (κ2) is 5.55. The van der Waals surface area contributed by atoms with E-state index in [1.807, 2.05) is 6.07 Å². The van der Waals surface area contributed by atoms with Crippen molar-refractivity contribution in [2.75, 3.05) is 13.1 Å². The zero-order valence-electron chi connectivity index (χ0n) is 11.9. The molecule has 1 aliphatic heterocycles. The van der Waals surface area contributed by atoms with Crippen molar-refractivity contribution in [3.05, 3.63) is 51.7 Å². The number of pyridine rings is 1. The standard InChI is InChI=1S/C15H18N4O2/c1-10-7-14(20)12(8-16-10)15(21)19-6-2-3-11(9-19)13-4-5-17-18-13/h4-5,7-8,11H,2-3,6,9H2,1H3,(H,16,20)(H,17,18). The van der Waals surface area contributed by atoms with Crippen LogP contribution in [-0.4, -0.2) is 39.1 Å². The van der Waals surface area contributed by atoms with Crippen LogP contribution < -0.4 is 5.43 Å². The van der Waals surface area contributed by atoms with Crippen LogP contribution in [0.5, 0.6) is 0 Å². The van der Waals surface area contributed by atoms with Crippen LogP contribution in [0.4, 0.5) is 0 Å². The van der Waals surface area contributed by atoms with Gasteiger partial charge in [0.05, 0.1) is 0 Å².